The number of hydrogen-bond donors (Lipinski definition) is 1. The SMILES string of the molecule is CC(=O)c1ccccc1OCC(=O)Nc1cc(F)ccc1F. The van der Waals surface area contributed by atoms with Crippen LogP contribution >= 0.6 is 0 Å². The monoisotopic (exact) mass is 305 g/mol. The van der Waals surface area contributed by atoms with Gasteiger partial charge in [0.25, 0.3) is 5.91 Å². The van der Waals surface area contributed by atoms with Crippen molar-refractivity contribution in [3.8, 4) is 5.75 Å². The van der Waals surface area contributed by atoms with Crippen LogP contribution in [0.3, 0.4) is 0 Å². The van der Waals surface area contributed by atoms with E-state index in [1.807, 2.05) is 0 Å². The Morgan fingerprint density at radius 3 is 2.59 bits per heavy atom. The van der Waals surface area contributed by atoms with E-state index in [0.717, 1.165) is 18.2 Å². The van der Waals surface area contributed by atoms with Gasteiger partial charge in [-0.15, -0.1) is 0 Å². The van der Waals surface area contributed by atoms with E-state index < -0.39 is 24.1 Å². The number of ether oxygens (including phenoxy) is 1. The van der Waals surface area contributed by atoms with Gasteiger partial charge in [0.1, 0.15) is 17.4 Å². The molecule has 0 fully saturated rings. The predicted molar refractivity (Wildman–Crippen MR) is 76.9 cm³/mol. The second-order valence-electron chi connectivity index (χ2n) is 4.51. The van der Waals surface area contributed by atoms with Crippen molar-refractivity contribution in [2.24, 2.45) is 0 Å². The summed E-state index contributed by atoms with van der Waals surface area (Å²) in [7, 11) is 0. The maximum atomic E-state index is 13.4. The molecule has 0 aliphatic heterocycles. The highest BCUT2D eigenvalue weighted by Gasteiger charge is 2.11. The molecule has 0 heterocycles. The number of carbonyl (C=O) groups is 2. The van der Waals surface area contributed by atoms with Crippen LogP contribution in [0.4, 0.5) is 14.5 Å². The van der Waals surface area contributed by atoms with Gasteiger partial charge in [0.2, 0.25) is 0 Å². The molecule has 0 spiro atoms. The zero-order chi connectivity index (χ0) is 16.1. The van der Waals surface area contributed by atoms with Crippen LogP contribution < -0.4 is 10.1 Å². The number of carbonyl (C=O) groups excluding carboxylic acids is 2. The number of ketones is 1. The van der Waals surface area contributed by atoms with Crippen molar-refractivity contribution in [3.63, 3.8) is 0 Å². The molecule has 22 heavy (non-hydrogen) atoms. The van der Waals surface area contributed by atoms with E-state index in [9.17, 15) is 18.4 Å². The summed E-state index contributed by atoms with van der Waals surface area (Å²) in [5, 5.41) is 2.21. The van der Waals surface area contributed by atoms with Crippen LogP contribution in [0.25, 0.3) is 0 Å². The average Bonchev–Trinajstić information content (AvgIpc) is 2.49. The molecule has 6 heteroatoms. The topological polar surface area (TPSA) is 55.4 Å². The Hall–Kier alpha value is -2.76. The molecule has 114 valence electrons. The fourth-order valence-electron chi connectivity index (χ4n) is 1.81. The average molecular weight is 305 g/mol. The van der Waals surface area contributed by atoms with E-state index in [4.69, 9.17) is 4.74 Å². The number of nitrogens with one attached hydrogen (secondary N) is 1. The molecule has 0 aliphatic carbocycles. The maximum Gasteiger partial charge on any atom is 0.262 e. The lowest BCUT2D eigenvalue weighted by Crippen LogP contribution is -2.21. The van der Waals surface area contributed by atoms with Crippen molar-refractivity contribution in [2.45, 2.75) is 6.92 Å². The molecule has 0 saturated carbocycles. The van der Waals surface area contributed by atoms with Crippen LogP contribution in [0.2, 0.25) is 0 Å². The molecule has 0 saturated heterocycles. The molecule has 2 rings (SSSR count). The van der Waals surface area contributed by atoms with Crippen molar-refractivity contribution >= 4 is 17.4 Å². The Kier molecular flexibility index (Phi) is 4.83. The lowest BCUT2D eigenvalue weighted by atomic mass is 10.1. The summed E-state index contributed by atoms with van der Waals surface area (Å²) < 4.78 is 31.7. The lowest BCUT2D eigenvalue weighted by Gasteiger charge is -2.10. The van der Waals surface area contributed by atoms with Crippen molar-refractivity contribution in [1.29, 1.82) is 0 Å². The largest absolute Gasteiger partial charge is 0.483 e. The van der Waals surface area contributed by atoms with Gasteiger partial charge in [-0.1, -0.05) is 12.1 Å². The highest BCUT2D eigenvalue weighted by atomic mass is 19.1. The normalized spacial score (nSPS) is 10.1. The van der Waals surface area contributed by atoms with Gasteiger partial charge in [-0.05, 0) is 31.2 Å². The second-order valence-corrected chi connectivity index (χ2v) is 4.51. The van der Waals surface area contributed by atoms with Crippen LogP contribution in [-0.4, -0.2) is 18.3 Å². The summed E-state index contributed by atoms with van der Waals surface area (Å²) in [5.41, 5.74) is 0.0701. The molecule has 2 aromatic rings. The molecule has 0 bridgehead atoms. The first-order valence-corrected chi connectivity index (χ1v) is 6.45. The van der Waals surface area contributed by atoms with E-state index >= 15 is 0 Å². The molecule has 4 nitrogen and oxygen atoms in total. The number of para-hydroxylation sites is 1. The smallest absolute Gasteiger partial charge is 0.262 e. The number of rotatable bonds is 5. The zero-order valence-corrected chi connectivity index (χ0v) is 11.7. The zero-order valence-electron chi connectivity index (χ0n) is 11.7. The van der Waals surface area contributed by atoms with Crippen LogP contribution in [0, 0.1) is 11.6 Å². The number of halogens is 2. The number of Topliss-reactive ketones (excluding diaryl/α,β-unsaturated/α-hetero) is 1. The van der Waals surface area contributed by atoms with Crippen LogP contribution in [0.5, 0.6) is 5.75 Å². The van der Waals surface area contributed by atoms with Crippen molar-refractivity contribution in [1.82, 2.24) is 0 Å². The summed E-state index contributed by atoms with van der Waals surface area (Å²) in [6, 6.07) is 9.19. The second kappa shape index (κ2) is 6.80. The first-order valence-electron chi connectivity index (χ1n) is 6.45. The minimum absolute atomic E-state index is 0.202. The Bertz CT molecular complexity index is 716. The number of anilines is 1. The molecule has 1 N–H and O–H groups in total. The number of amides is 1. The minimum Gasteiger partial charge on any atom is -0.483 e. The fraction of sp³-hybridized carbons (Fsp3) is 0.125. The van der Waals surface area contributed by atoms with Gasteiger partial charge in [-0.3, -0.25) is 9.59 Å². The van der Waals surface area contributed by atoms with Gasteiger partial charge in [0.15, 0.2) is 12.4 Å². The summed E-state index contributed by atoms with van der Waals surface area (Å²) >= 11 is 0. The van der Waals surface area contributed by atoms with E-state index in [1.165, 1.54) is 6.92 Å². The van der Waals surface area contributed by atoms with Gasteiger partial charge >= 0.3 is 0 Å². The summed E-state index contributed by atoms with van der Waals surface area (Å²) in [6.07, 6.45) is 0. The lowest BCUT2D eigenvalue weighted by molar-refractivity contribution is -0.118. The van der Waals surface area contributed by atoms with Crippen molar-refractivity contribution < 1.29 is 23.1 Å². The number of benzene rings is 2. The Labute approximate surface area is 125 Å². The minimum atomic E-state index is -0.751. The maximum absolute atomic E-state index is 13.4. The van der Waals surface area contributed by atoms with E-state index in [0.29, 0.717) is 5.56 Å². The third-order valence-electron chi connectivity index (χ3n) is 2.83. The van der Waals surface area contributed by atoms with Gasteiger partial charge in [-0.25, -0.2) is 8.78 Å². The van der Waals surface area contributed by atoms with Crippen LogP contribution in [-0.2, 0) is 4.79 Å². The summed E-state index contributed by atoms with van der Waals surface area (Å²) in [6.45, 7) is 0.949. The predicted octanol–water partition coefficient (Wildman–Crippen LogP) is 3.18. The van der Waals surface area contributed by atoms with Gasteiger partial charge < -0.3 is 10.1 Å². The first kappa shape index (κ1) is 15.6. The van der Waals surface area contributed by atoms with E-state index in [-0.39, 0.29) is 17.2 Å². The molecule has 0 unspecified atom stereocenters. The molecule has 0 aromatic heterocycles. The van der Waals surface area contributed by atoms with Gasteiger partial charge in [0.05, 0.1) is 11.3 Å². The number of hydrogen-bond acceptors (Lipinski definition) is 3. The summed E-state index contributed by atoms with van der Waals surface area (Å²) in [5.74, 6) is -2.03. The van der Waals surface area contributed by atoms with Crippen LogP contribution in [0.1, 0.15) is 17.3 Å². The first-order chi connectivity index (χ1) is 10.5. The molecule has 2 aromatic carbocycles. The fourth-order valence-corrected chi connectivity index (χ4v) is 1.81. The van der Waals surface area contributed by atoms with Crippen molar-refractivity contribution in [3.05, 3.63) is 59.7 Å². The molecular weight excluding hydrogens is 292 g/mol. The molecule has 1 amide bonds. The molecule has 0 aliphatic rings. The third kappa shape index (κ3) is 3.88. The highest BCUT2D eigenvalue weighted by molar-refractivity contribution is 5.97. The molecule has 0 radical (unpaired) electrons. The van der Waals surface area contributed by atoms with Gasteiger partial charge in [-0.2, -0.15) is 0 Å². The quantitative estimate of drug-likeness (QED) is 0.863. The third-order valence-corrected chi connectivity index (χ3v) is 2.83. The Balaban J connectivity index is 2.02. The standard InChI is InChI=1S/C16H13F2NO3/c1-10(20)12-4-2-3-5-15(12)22-9-16(21)19-14-8-11(17)6-7-13(14)18/h2-8H,9H2,1H3,(H,19,21). The molecule has 0 atom stereocenters. The highest BCUT2D eigenvalue weighted by Crippen LogP contribution is 2.19. The summed E-state index contributed by atoms with van der Waals surface area (Å²) in [4.78, 5) is 23.1. The van der Waals surface area contributed by atoms with Crippen molar-refractivity contribution in [2.75, 3.05) is 11.9 Å². The van der Waals surface area contributed by atoms with Crippen LogP contribution in [0.15, 0.2) is 42.5 Å². The Morgan fingerprint density at radius 1 is 1.14 bits per heavy atom. The van der Waals surface area contributed by atoms with Gasteiger partial charge in [0, 0.05) is 6.07 Å². The van der Waals surface area contributed by atoms with E-state index in [1.54, 1.807) is 24.3 Å². The Morgan fingerprint density at radius 2 is 1.86 bits per heavy atom. The van der Waals surface area contributed by atoms with E-state index in [2.05, 4.69) is 5.32 Å². The molecular formula is C16H13F2NO3.